The first-order chi connectivity index (χ1) is 9.59. The molecule has 1 atom stereocenters. The molecule has 4 heteroatoms. The standard InChI is InChI=1S/C16H14ClFO2/c17-14-8-4-7-12(15(14)18)9-10-13(16(19)20)11-5-2-1-3-6-11/h1-8,13H,9-10H2,(H,19,20). The van der Waals surface area contributed by atoms with Gasteiger partial charge in [0.15, 0.2) is 0 Å². The highest BCUT2D eigenvalue weighted by atomic mass is 35.5. The first-order valence-corrected chi connectivity index (χ1v) is 6.68. The van der Waals surface area contributed by atoms with E-state index < -0.39 is 17.7 Å². The minimum atomic E-state index is -0.904. The van der Waals surface area contributed by atoms with Gasteiger partial charge in [-0.25, -0.2) is 4.39 Å². The Kier molecular flexibility index (Phi) is 4.74. The summed E-state index contributed by atoms with van der Waals surface area (Å²) in [6, 6.07) is 13.7. The van der Waals surface area contributed by atoms with Crippen molar-refractivity contribution in [2.24, 2.45) is 0 Å². The normalized spacial score (nSPS) is 12.1. The monoisotopic (exact) mass is 292 g/mol. The van der Waals surface area contributed by atoms with Crippen molar-refractivity contribution in [3.05, 3.63) is 70.5 Å². The van der Waals surface area contributed by atoms with Crippen LogP contribution in [-0.4, -0.2) is 11.1 Å². The van der Waals surface area contributed by atoms with Gasteiger partial charge in [0, 0.05) is 0 Å². The summed E-state index contributed by atoms with van der Waals surface area (Å²) in [6.07, 6.45) is 0.662. The number of carboxylic acids is 1. The molecule has 0 radical (unpaired) electrons. The molecule has 0 saturated carbocycles. The number of aliphatic carboxylic acids is 1. The van der Waals surface area contributed by atoms with Gasteiger partial charge in [-0.15, -0.1) is 0 Å². The van der Waals surface area contributed by atoms with Crippen molar-refractivity contribution in [1.82, 2.24) is 0 Å². The van der Waals surface area contributed by atoms with Crippen LogP contribution in [0.4, 0.5) is 4.39 Å². The quantitative estimate of drug-likeness (QED) is 0.893. The van der Waals surface area contributed by atoms with E-state index in [4.69, 9.17) is 11.6 Å². The minimum absolute atomic E-state index is 0.0640. The molecule has 0 aliphatic carbocycles. The van der Waals surface area contributed by atoms with Crippen molar-refractivity contribution < 1.29 is 14.3 Å². The van der Waals surface area contributed by atoms with Crippen molar-refractivity contribution in [1.29, 1.82) is 0 Å². The van der Waals surface area contributed by atoms with E-state index in [1.807, 2.05) is 6.07 Å². The molecule has 0 saturated heterocycles. The van der Waals surface area contributed by atoms with Gasteiger partial charge in [0.2, 0.25) is 0 Å². The van der Waals surface area contributed by atoms with Crippen molar-refractivity contribution in [2.45, 2.75) is 18.8 Å². The average Bonchev–Trinajstić information content (AvgIpc) is 2.44. The molecule has 2 aromatic rings. The highest BCUT2D eigenvalue weighted by molar-refractivity contribution is 6.30. The lowest BCUT2D eigenvalue weighted by Gasteiger charge is -2.13. The average molecular weight is 293 g/mol. The summed E-state index contributed by atoms with van der Waals surface area (Å²) in [6.45, 7) is 0. The Morgan fingerprint density at radius 3 is 2.50 bits per heavy atom. The van der Waals surface area contributed by atoms with Gasteiger partial charge in [0.05, 0.1) is 10.9 Å². The Hall–Kier alpha value is -1.87. The maximum absolute atomic E-state index is 13.8. The van der Waals surface area contributed by atoms with Crippen molar-refractivity contribution in [3.63, 3.8) is 0 Å². The number of rotatable bonds is 5. The number of carboxylic acid groups (broad SMARTS) is 1. The molecule has 104 valence electrons. The van der Waals surface area contributed by atoms with Gasteiger partial charge < -0.3 is 5.11 Å². The van der Waals surface area contributed by atoms with Gasteiger partial charge in [0.1, 0.15) is 5.82 Å². The highest BCUT2D eigenvalue weighted by Crippen LogP contribution is 2.25. The summed E-state index contributed by atoms with van der Waals surface area (Å²) in [5.41, 5.74) is 1.17. The van der Waals surface area contributed by atoms with Gasteiger partial charge in [-0.3, -0.25) is 4.79 Å². The molecule has 0 amide bonds. The molecule has 2 rings (SSSR count). The first kappa shape index (κ1) is 14.5. The number of aryl methyl sites for hydroxylation is 1. The number of hydrogen-bond donors (Lipinski definition) is 1. The van der Waals surface area contributed by atoms with E-state index >= 15 is 0 Å². The molecule has 2 nitrogen and oxygen atoms in total. The molecule has 0 spiro atoms. The summed E-state index contributed by atoms with van der Waals surface area (Å²) in [5.74, 6) is -2.01. The fourth-order valence-corrected chi connectivity index (χ4v) is 2.35. The molecule has 0 fully saturated rings. The fraction of sp³-hybridized carbons (Fsp3) is 0.188. The summed E-state index contributed by atoms with van der Waals surface area (Å²) in [4.78, 5) is 11.4. The van der Waals surface area contributed by atoms with Gasteiger partial charge in [-0.05, 0) is 30.0 Å². The second-order valence-corrected chi connectivity index (χ2v) is 4.96. The van der Waals surface area contributed by atoms with E-state index in [0.29, 0.717) is 18.4 Å². The largest absolute Gasteiger partial charge is 0.481 e. The Bertz CT molecular complexity index is 599. The SMILES string of the molecule is O=C(O)C(CCc1cccc(Cl)c1F)c1ccccc1. The maximum atomic E-state index is 13.8. The zero-order valence-electron chi connectivity index (χ0n) is 10.7. The predicted octanol–water partition coefficient (Wildman–Crippen LogP) is 4.28. The van der Waals surface area contributed by atoms with Crippen LogP contribution in [0.2, 0.25) is 5.02 Å². The molecule has 1 N–H and O–H groups in total. The number of halogens is 2. The van der Waals surface area contributed by atoms with Crippen molar-refractivity contribution in [2.75, 3.05) is 0 Å². The Morgan fingerprint density at radius 1 is 1.15 bits per heavy atom. The van der Waals surface area contributed by atoms with Gasteiger partial charge >= 0.3 is 5.97 Å². The zero-order chi connectivity index (χ0) is 14.5. The van der Waals surface area contributed by atoms with Crippen LogP contribution in [0.5, 0.6) is 0 Å². The van der Waals surface area contributed by atoms with Gasteiger partial charge in [-0.2, -0.15) is 0 Å². The minimum Gasteiger partial charge on any atom is -0.481 e. The van der Waals surface area contributed by atoms with Crippen LogP contribution >= 0.6 is 11.6 Å². The first-order valence-electron chi connectivity index (χ1n) is 6.30. The third-order valence-corrected chi connectivity index (χ3v) is 3.53. The van der Waals surface area contributed by atoms with E-state index in [9.17, 15) is 14.3 Å². The molecular formula is C16H14ClFO2. The van der Waals surface area contributed by atoms with Crippen LogP contribution in [-0.2, 0) is 11.2 Å². The third-order valence-electron chi connectivity index (χ3n) is 3.23. The Balaban J connectivity index is 2.14. The molecule has 1 unspecified atom stereocenters. The van der Waals surface area contributed by atoms with Crippen LogP contribution in [0.15, 0.2) is 48.5 Å². The van der Waals surface area contributed by atoms with Crippen LogP contribution in [0.1, 0.15) is 23.5 Å². The van der Waals surface area contributed by atoms with E-state index in [-0.39, 0.29) is 5.02 Å². The lowest BCUT2D eigenvalue weighted by atomic mass is 9.92. The summed E-state index contributed by atoms with van der Waals surface area (Å²) in [7, 11) is 0. The molecular weight excluding hydrogens is 279 g/mol. The van der Waals surface area contributed by atoms with E-state index in [2.05, 4.69) is 0 Å². The summed E-state index contributed by atoms with van der Waals surface area (Å²) < 4.78 is 13.8. The Morgan fingerprint density at radius 2 is 1.85 bits per heavy atom. The molecule has 0 bridgehead atoms. The smallest absolute Gasteiger partial charge is 0.310 e. The molecule has 0 heterocycles. The van der Waals surface area contributed by atoms with Crippen LogP contribution in [0.25, 0.3) is 0 Å². The van der Waals surface area contributed by atoms with Crippen LogP contribution in [0.3, 0.4) is 0 Å². The molecule has 20 heavy (non-hydrogen) atoms. The maximum Gasteiger partial charge on any atom is 0.310 e. The fourth-order valence-electron chi connectivity index (χ4n) is 2.16. The van der Waals surface area contributed by atoms with Gasteiger partial charge in [0.25, 0.3) is 0 Å². The third kappa shape index (κ3) is 3.36. The van der Waals surface area contributed by atoms with Crippen LogP contribution in [0, 0.1) is 5.82 Å². The second-order valence-electron chi connectivity index (χ2n) is 4.55. The molecule has 0 aromatic heterocycles. The van der Waals surface area contributed by atoms with E-state index in [0.717, 1.165) is 5.56 Å². The molecule has 0 aliphatic rings. The van der Waals surface area contributed by atoms with Crippen LogP contribution < -0.4 is 0 Å². The van der Waals surface area contributed by atoms with E-state index in [1.54, 1.807) is 36.4 Å². The van der Waals surface area contributed by atoms with Crippen molar-refractivity contribution >= 4 is 17.6 Å². The zero-order valence-corrected chi connectivity index (χ0v) is 11.5. The lowest BCUT2D eigenvalue weighted by molar-refractivity contribution is -0.138. The number of benzene rings is 2. The molecule has 0 aliphatic heterocycles. The Labute approximate surface area is 121 Å². The second kappa shape index (κ2) is 6.53. The van der Waals surface area contributed by atoms with Crippen molar-refractivity contribution in [3.8, 4) is 0 Å². The predicted molar refractivity (Wildman–Crippen MR) is 76.5 cm³/mol. The summed E-state index contributed by atoms with van der Waals surface area (Å²) >= 11 is 5.72. The van der Waals surface area contributed by atoms with E-state index in [1.165, 1.54) is 6.07 Å². The molecule has 2 aromatic carbocycles. The number of carbonyl (C=O) groups is 1. The highest BCUT2D eigenvalue weighted by Gasteiger charge is 2.20. The summed E-state index contributed by atoms with van der Waals surface area (Å²) in [5, 5.41) is 9.37. The topological polar surface area (TPSA) is 37.3 Å². The number of hydrogen-bond acceptors (Lipinski definition) is 1. The lowest BCUT2D eigenvalue weighted by Crippen LogP contribution is -2.13. The van der Waals surface area contributed by atoms with Gasteiger partial charge in [-0.1, -0.05) is 54.1 Å².